The average Bonchev–Trinajstić information content (AvgIpc) is 2.33. The van der Waals surface area contributed by atoms with Gasteiger partial charge in [0.2, 0.25) is 0 Å². The van der Waals surface area contributed by atoms with Gasteiger partial charge < -0.3 is 0 Å². The highest BCUT2D eigenvalue weighted by Crippen LogP contribution is 2.19. The number of rotatable bonds is 4. The molecule has 2 nitrogen and oxygen atoms in total. The second-order valence-corrected chi connectivity index (χ2v) is 5.08. The molecule has 0 aliphatic heterocycles. The second kappa shape index (κ2) is 7.47. The SMILES string of the molecule is CCC(CC)N(I)/C(=N\I)c1ccccc1. The molecule has 0 aliphatic rings. The Morgan fingerprint density at radius 3 is 2.25 bits per heavy atom. The Bertz CT molecular complexity index is 334. The zero-order chi connectivity index (χ0) is 12.0. The maximum atomic E-state index is 4.38. The number of hydrogen-bond acceptors (Lipinski definition) is 1. The average molecular weight is 442 g/mol. The van der Waals surface area contributed by atoms with Crippen molar-refractivity contribution in [2.24, 2.45) is 3.21 Å². The lowest BCUT2D eigenvalue weighted by atomic mass is 10.1. The maximum absolute atomic E-state index is 4.38. The van der Waals surface area contributed by atoms with Gasteiger partial charge in [-0.25, -0.2) is 0 Å². The molecule has 0 aromatic heterocycles. The highest BCUT2D eigenvalue weighted by Gasteiger charge is 2.17. The smallest absolute Gasteiger partial charge is 0.151 e. The molecular weight excluding hydrogens is 426 g/mol. The van der Waals surface area contributed by atoms with E-state index in [0.717, 1.165) is 18.7 Å². The van der Waals surface area contributed by atoms with Gasteiger partial charge in [-0.1, -0.05) is 44.2 Å². The van der Waals surface area contributed by atoms with Crippen molar-refractivity contribution in [2.75, 3.05) is 0 Å². The van der Waals surface area contributed by atoms with Crippen molar-refractivity contribution in [3.05, 3.63) is 35.9 Å². The first-order valence-corrected chi connectivity index (χ1v) is 7.36. The summed E-state index contributed by atoms with van der Waals surface area (Å²) in [5.41, 5.74) is 1.18. The molecule has 0 spiro atoms. The van der Waals surface area contributed by atoms with Crippen LogP contribution in [0.15, 0.2) is 33.5 Å². The van der Waals surface area contributed by atoms with E-state index >= 15 is 0 Å². The molecule has 0 aliphatic carbocycles. The summed E-state index contributed by atoms with van der Waals surface area (Å²) in [6, 6.07) is 10.9. The predicted molar refractivity (Wildman–Crippen MR) is 87.2 cm³/mol. The van der Waals surface area contributed by atoms with Crippen LogP contribution in [0.5, 0.6) is 0 Å². The van der Waals surface area contributed by atoms with Crippen LogP contribution in [0.25, 0.3) is 0 Å². The Morgan fingerprint density at radius 2 is 1.81 bits per heavy atom. The van der Waals surface area contributed by atoms with Gasteiger partial charge in [0.1, 0.15) is 0 Å². The number of halogens is 2. The minimum absolute atomic E-state index is 0.550. The third-order valence-electron chi connectivity index (χ3n) is 2.58. The summed E-state index contributed by atoms with van der Waals surface area (Å²) in [4.78, 5) is 0. The van der Waals surface area contributed by atoms with Crippen molar-refractivity contribution < 1.29 is 0 Å². The number of benzene rings is 1. The first-order chi connectivity index (χ1) is 7.74. The molecule has 0 bridgehead atoms. The van der Waals surface area contributed by atoms with Crippen molar-refractivity contribution in [3.63, 3.8) is 0 Å². The van der Waals surface area contributed by atoms with E-state index in [1.807, 2.05) is 6.07 Å². The fourth-order valence-electron chi connectivity index (χ4n) is 1.58. The molecule has 0 amide bonds. The lowest BCUT2D eigenvalue weighted by Crippen LogP contribution is -2.31. The van der Waals surface area contributed by atoms with Gasteiger partial charge in [-0.3, -0.25) is 3.11 Å². The zero-order valence-electron chi connectivity index (χ0n) is 9.53. The summed E-state index contributed by atoms with van der Waals surface area (Å²) < 4.78 is 6.63. The molecular formula is C12H16I2N2. The Labute approximate surface area is 126 Å². The Morgan fingerprint density at radius 1 is 1.25 bits per heavy atom. The highest BCUT2D eigenvalue weighted by atomic mass is 127. The summed E-state index contributed by atoms with van der Waals surface area (Å²) in [5, 5.41) is 0. The lowest BCUT2D eigenvalue weighted by Gasteiger charge is -2.26. The summed E-state index contributed by atoms with van der Waals surface area (Å²) in [5.74, 6) is 1.05. The van der Waals surface area contributed by atoms with Crippen LogP contribution in [0.4, 0.5) is 0 Å². The largest absolute Gasteiger partial charge is 0.295 e. The first-order valence-electron chi connectivity index (χ1n) is 5.43. The van der Waals surface area contributed by atoms with Crippen LogP contribution in [0.2, 0.25) is 0 Å². The van der Waals surface area contributed by atoms with Gasteiger partial charge in [0.15, 0.2) is 5.84 Å². The summed E-state index contributed by atoms with van der Waals surface area (Å²) >= 11 is 4.44. The molecule has 0 saturated heterocycles. The third-order valence-corrected chi connectivity index (χ3v) is 4.28. The molecule has 1 aromatic rings. The van der Waals surface area contributed by atoms with E-state index in [2.05, 4.69) is 90.2 Å². The molecule has 0 saturated carbocycles. The zero-order valence-corrected chi connectivity index (χ0v) is 13.8. The van der Waals surface area contributed by atoms with Crippen molar-refractivity contribution >= 4 is 51.6 Å². The van der Waals surface area contributed by atoms with Crippen molar-refractivity contribution in [1.82, 2.24) is 3.11 Å². The maximum Gasteiger partial charge on any atom is 0.151 e. The van der Waals surface area contributed by atoms with Crippen LogP contribution in [0.3, 0.4) is 0 Å². The van der Waals surface area contributed by atoms with Gasteiger partial charge in [-0.05, 0) is 12.8 Å². The van der Waals surface area contributed by atoms with E-state index < -0.39 is 0 Å². The van der Waals surface area contributed by atoms with E-state index in [0.29, 0.717) is 6.04 Å². The summed E-state index contributed by atoms with van der Waals surface area (Å²) in [6.07, 6.45) is 2.28. The molecule has 0 N–H and O–H groups in total. The van der Waals surface area contributed by atoms with E-state index in [1.165, 1.54) is 5.56 Å². The quantitative estimate of drug-likeness (QED) is 0.288. The summed E-state index contributed by atoms with van der Waals surface area (Å²) in [7, 11) is 0. The standard InChI is InChI=1S/C12H16I2N2/c1-3-11(4-2)16(14)12(15-13)10-8-6-5-7-9-10/h5-9,11H,3-4H2,1-2H3/b15-12-. The Balaban J connectivity index is 2.92. The molecule has 0 fully saturated rings. The van der Waals surface area contributed by atoms with Crippen LogP contribution in [0, 0.1) is 0 Å². The van der Waals surface area contributed by atoms with Crippen molar-refractivity contribution in [3.8, 4) is 0 Å². The minimum atomic E-state index is 0.550. The molecule has 0 heterocycles. The lowest BCUT2D eigenvalue weighted by molar-refractivity contribution is 0.471. The molecule has 16 heavy (non-hydrogen) atoms. The van der Waals surface area contributed by atoms with Crippen LogP contribution in [-0.2, 0) is 0 Å². The molecule has 4 heteroatoms. The summed E-state index contributed by atoms with van der Waals surface area (Å²) in [6.45, 7) is 4.44. The monoisotopic (exact) mass is 442 g/mol. The van der Waals surface area contributed by atoms with Gasteiger partial charge >= 0.3 is 0 Å². The first kappa shape index (κ1) is 14.2. The minimum Gasteiger partial charge on any atom is -0.295 e. The molecule has 0 unspecified atom stereocenters. The molecule has 1 aromatic carbocycles. The predicted octanol–water partition coefficient (Wildman–Crippen LogP) is 4.62. The van der Waals surface area contributed by atoms with Crippen LogP contribution < -0.4 is 0 Å². The van der Waals surface area contributed by atoms with Crippen molar-refractivity contribution in [1.29, 1.82) is 0 Å². The Kier molecular flexibility index (Phi) is 6.64. The fourth-order valence-corrected chi connectivity index (χ4v) is 3.68. The van der Waals surface area contributed by atoms with E-state index in [9.17, 15) is 0 Å². The third kappa shape index (κ3) is 3.58. The van der Waals surface area contributed by atoms with Gasteiger partial charge in [0.05, 0.1) is 45.7 Å². The van der Waals surface area contributed by atoms with Gasteiger partial charge in [0, 0.05) is 11.6 Å². The van der Waals surface area contributed by atoms with Crippen LogP contribution in [0.1, 0.15) is 32.3 Å². The Hall–Kier alpha value is 0.150. The molecule has 0 atom stereocenters. The fraction of sp³-hybridized carbons (Fsp3) is 0.417. The highest BCUT2D eigenvalue weighted by molar-refractivity contribution is 14.1. The molecule has 88 valence electrons. The van der Waals surface area contributed by atoms with Gasteiger partial charge in [-0.15, -0.1) is 0 Å². The molecule has 1 rings (SSSR count). The second-order valence-electron chi connectivity index (χ2n) is 3.56. The topological polar surface area (TPSA) is 15.6 Å². The van der Waals surface area contributed by atoms with Crippen molar-refractivity contribution in [2.45, 2.75) is 32.7 Å². The molecule has 0 radical (unpaired) electrons. The van der Waals surface area contributed by atoms with Crippen LogP contribution >= 0.6 is 45.7 Å². The number of amidine groups is 1. The number of nitrogens with zero attached hydrogens (tertiary/aromatic N) is 2. The van der Waals surface area contributed by atoms with Gasteiger partial charge in [0.25, 0.3) is 0 Å². The van der Waals surface area contributed by atoms with E-state index in [-0.39, 0.29) is 0 Å². The van der Waals surface area contributed by atoms with E-state index in [4.69, 9.17) is 0 Å². The normalized spacial score (nSPS) is 11.9. The van der Waals surface area contributed by atoms with Crippen LogP contribution in [-0.4, -0.2) is 15.0 Å². The van der Waals surface area contributed by atoms with Gasteiger partial charge in [-0.2, -0.15) is 3.21 Å². The number of hydrogen-bond donors (Lipinski definition) is 0. The van der Waals surface area contributed by atoms with E-state index in [1.54, 1.807) is 0 Å².